The zero-order valence-corrected chi connectivity index (χ0v) is 11.3. The van der Waals surface area contributed by atoms with Crippen molar-refractivity contribution in [3.05, 3.63) is 47.2 Å². The largest absolute Gasteiger partial charge is 0.366 e. The molecule has 1 aromatic carbocycles. The van der Waals surface area contributed by atoms with Crippen LogP contribution in [0.3, 0.4) is 0 Å². The van der Waals surface area contributed by atoms with Crippen molar-refractivity contribution in [3.8, 4) is 11.1 Å². The Balaban J connectivity index is 2.24. The molecule has 0 unspecified atom stereocenters. The first-order valence-electron chi connectivity index (χ1n) is 6.26. The van der Waals surface area contributed by atoms with Crippen molar-refractivity contribution in [1.82, 2.24) is 14.6 Å². The van der Waals surface area contributed by atoms with E-state index in [4.69, 9.17) is 5.73 Å². The van der Waals surface area contributed by atoms with Crippen LogP contribution in [0.4, 0.5) is 5.95 Å². The van der Waals surface area contributed by atoms with Gasteiger partial charge in [-0.25, -0.2) is 4.52 Å². The number of fused-ring (bicyclic) bond motifs is 1. The van der Waals surface area contributed by atoms with Crippen molar-refractivity contribution in [3.63, 3.8) is 0 Å². The molecule has 4 heteroatoms. The first kappa shape index (κ1) is 11.7. The van der Waals surface area contributed by atoms with Crippen molar-refractivity contribution in [2.24, 2.45) is 0 Å². The summed E-state index contributed by atoms with van der Waals surface area (Å²) in [5, 5.41) is 4.22. The highest BCUT2D eigenvalue weighted by atomic mass is 15.3. The number of hydrogen-bond donors (Lipinski definition) is 1. The smallest absolute Gasteiger partial charge is 0.240 e. The molecule has 0 aliphatic rings. The zero-order valence-electron chi connectivity index (χ0n) is 11.3. The topological polar surface area (TPSA) is 56.2 Å². The van der Waals surface area contributed by atoms with Gasteiger partial charge in [0.25, 0.3) is 0 Å². The summed E-state index contributed by atoms with van der Waals surface area (Å²) in [6.45, 7) is 6.28. The molecule has 0 aliphatic heterocycles. The predicted molar refractivity (Wildman–Crippen MR) is 77.0 cm³/mol. The molecule has 0 atom stereocenters. The maximum atomic E-state index is 5.65. The fraction of sp³-hybridized carbons (Fsp3) is 0.200. The van der Waals surface area contributed by atoms with E-state index in [-0.39, 0.29) is 0 Å². The molecule has 3 aromatic rings. The van der Waals surface area contributed by atoms with E-state index in [1.807, 2.05) is 13.0 Å². The van der Waals surface area contributed by atoms with Crippen LogP contribution in [0.5, 0.6) is 0 Å². The first-order valence-corrected chi connectivity index (χ1v) is 6.26. The molecule has 2 aromatic heterocycles. The van der Waals surface area contributed by atoms with Gasteiger partial charge in [-0.2, -0.15) is 4.98 Å². The van der Waals surface area contributed by atoms with Gasteiger partial charge in [0.1, 0.15) is 0 Å². The van der Waals surface area contributed by atoms with Crippen LogP contribution < -0.4 is 5.73 Å². The molecule has 3 rings (SSSR count). The summed E-state index contributed by atoms with van der Waals surface area (Å²) in [7, 11) is 0. The van der Waals surface area contributed by atoms with Gasteiger partial charge in [-0.3, -0.25) is 0 Å². The van der Waals surface area contributed by atoms with Crippen LogP contribution in [-0.4, -0.2) is 14.6 Å². The number of benzene rings is 1. The number of aryl methyl sites for hydroxylation is 3. The Morgan fingerprint density at radius 2 is 1.79 bits per heavy atom. The summed E-state index contributed by atoms with van der Waals surface area (Å²) in [5.41, 5.74) is 12.4. The predicted octanol–water partition coefficient (Wildman–Crippen LogP) is 2.90. The summed E-state index contributed by atoms with van der Waals surface area (Å²) in [4.78, 5) is 4.17. The lowest BCUT2D eigenvalue weighted by molar-refractivity contribution is 0.922. The molecule has 0 fully saturated rings. The van der Waals surface area contributed by atoms with Crippen LogP contribution in [0, 0.1) is 20.8 Å². The second-order valence-electron chi connectivity index (χ2n) is 4.87. The van der Waals surface area contributed by atoms with Crippen LogP contribution in [0.15, 0.2) is 30.3 Å². The Morgan fingerprint density at radius 3 is 2.53 bits per heavy atom. The van der Waals surface area contributed by atoms with Gasteiger partial charge < -0.3 is 5.73 Å². The summed E-state index contributed by atoms with van der Waals surface area (Å²) < 4.78 is 1.79. The van der Waals surface area contributed by atoms with Gasteiger partial charge in [0.2, 0.25) is 5.95 Å². The second-order valence-corrected chi connectivity index (χ2v) is 4.87. The van der Waals surface area contributed by atoms with E-state index >= 15 is 0 Å². The monoisotopic (exact) mass is 252 g/mol. The summed E-state index contributed by atoms with van der Waals surface area (Å²) >= 11 is 0. The molecule has 2 N–H and O–H groups in total. The Kier molecular flexibility index (Phi) is 2.52. The number of aromatic nitrogens is 3. The number of rotatable bonds is 1. The molecule has 0 amide bonds. The Labute approximate surface area is 111 Å². The van der Waals surface area contributed by atoms with E-state index in [0.29, 0.717) is 5.95 Å². The minimum absolute atomic E-state index is 0.306. The molecule has 0 radical (unpaired) electrons. The molecule has 4 nitrogen and oxygen atoms in total. The maximum absolute atomic E-state index is 5.65. The molecule has 96 valence electrons. The van der Waals surface area contributed by atoms with Crippen molar-refractivity contribution in [2.45, 2.75) is 20.8 Å². The minimum Gasteiger partial charge on any atom is -0.366 e. The molecule has 2 heterocycles. The Hall–Kier alpha value is -2.36. The third kappa shape index (κ3) is 1.85. The Bertz CT molecular complexity index is 771. The number of hydrogen-bond acceptors (Lipinski definition) is 3. The fourth-order valence-electron chi connectivity index (χ4n) is 2.30. The number of nitrogens with two attached hydrogens (primary N) is 1. The van der Waals surface area contributed by atoms with Gasteiger partial charge in [-0.15, -0.1) is 5.10 Å². The molecule has 0 saturated heterocycles. The molecule has 0 spiro atoms. The van der Waals surface area contributed by atoms with Gasteiger partial charge >= 0.3 is 0 Å². The van der Waals surface area contributed by atoms with E-state index in [2.05, 4.69) is 48.2 Å². The van der Waals surface area contributed by atoms with Crippen molar-refractivity contribution in [2.75, 3.05) is 5.73 Å². The highest BCUT2D eigenvalue weighted by Gasteiger charge is 2.09. The zero-order chi connectivity index (χ0) is 13.6. The molecule has 19 heavy (non-hydrogen) atoms. The molecule has 0 bridgehead atoms. The minimum atomic E-state index is 0.306. The average Bonchev–Trinajstić information content (AvgIpc) is 2.75. The van der Waals surface area contributed by atoms with E-state index < -0.39 is 0 Å². The quantitative estimate of drug-likeness (QED) is 0.724. The van der Waals surface area contributed by atoms with Crippen LogP contribution in [-0.2, 0) is 0 Å². The summed E-state index contributed by atoms with van der Waals surface area (Å²) in [5.74, 6) is 0.306. The standard InChI is InChI=1S/C15H16N4/c1-9-4-5-12(8-10(9)2)13-6-7-14-17-15(16)18-19(14)11(13)3/h4-8H,1-3H3,(H2,16,18). The van der Waals surface area contributed by atoms with Crippen LogP contribution >= 0.6 is 0 Å². The lowest BCUT2D eigenvalue weighted by Gasteiger charge is -2.09. The number of pyridine rings is 1. The lowest BCUT2D eigenvalue weighted by Crippen LogP contribution is -1.97. The van der Waals surface area contributed by atoms with Gasteiger partial charge in [-0.05, 0) is 49.6 Å². The van der Waals surface area contributed by atoms with Gasteiger partial charge in [0.15, 0.2) is 5.65 Å². The SMILES string of the molecule is Cc1ccc(-c2ccc3nc(N)nn3c2C)cc1C. The van der Waals surface area contributed by atoms with Gasteiger partial charge in [0.05, 0.1) is 0 Å². The highest BCUT2D eigenvalue weighted by Crippen LogP contribution is 2.26. The van der Waals surface area contributed by atoms with Crippen molar-refractivity contribution < 1.29 is 0 Å². The summed E-state index contributed by atoms with van der Waals surface area (Å²) in [6.07, 6.45) is 0. The number of nitrogen functional groups attached to an aromatic ring is 1. The van der Waals surface area contributed by atoms with Gasteiger partial charge in [0, 0.05) is 11.3 Å². The normalized spacial score (nSPS) is 11.1. The third-order valence-electron chi connectivity index (χ3n) is 3.57. The Morgan fingerprint density at radius 1 is 1.00 bits per heavy atom. The lowest BCUT2D eigenvalue weighted by atomic mass is 10.00. The first-order chi connectivity index (χ1) is 9.06. The highest BCUT2D eigenvalue weighted by molar-refractivity contribution is 5.69. The fourth-order valence-corrected chi connectivity index (χ4v) is 2.30. The van der Waals surface area contributed by atoms with E-state index in [9.17, 15) is 0 Å². The van der Waals surface area contributed by atoms with Crippen LogP contribution in [0.25, 0.3) is 16.8 Å². The van der Waals surface area contributed by atoms with Crippen LogP contribution in [0.2, 0.25) is 0 Å². The third-order valence-corrected chi connectivity index (χ3v) is 3.57. The number of anilines is 1. The van der Waals surface area contributed by atoms with Gasteiger partial charge in [-0.1, -0.05) is 18.2 Å². The average molecular weight is 252 g/mol. The van der Waals surface area contributed by atoms with E-state index in [1.165, 1.54) is 16.7 Å². The van der Waals surface area contributed by atoms with E-state index in [1.54, 1.807) is 4.52 Å². The molecular formula is C15H16N4. The van der Waals surface area contributed by atoms with Crippen LogP contribution in [0.1, 0.15) is 16.8 Å². The van der Waals surface area contributed by atoms with E-state index in [0.717, 1.165) is 16.9 Å². The van der Waals surface area contributed by atoms with Crippen molar-refractivity contribution >= 4 is 11.6 Å². The summed E-state index contributed by atoms with van der Waals surface area (Å²) in [6, 6.07) is 10.5. The number of nitrogens with zero attached hydrogens (tertiary/aromatic N) is 3. The maximum Gasteiger partial charge on any atom is 0.240 e. The molecule has 0 saturated carbocycles. The molecular weight excluding hydrogens is 236 g/mol. The molecule has 0 aliphatic carbocycles. The van der Waals surface area contributed by atoms with Crippen molar-refractivity contribution in [1.29, 1.82) is 0 Å². The second kappa shape index (κ2) is 4.09.